The van der Waals surface area contributed by atoms with E-state index in [0.29, 0.717) is 52.2 Å². The molecule has 3 N–H and O–H groups in total. The summed E-state index contributed by atoms with van der Waals surface area (Å²) in [5.41, 5.74) is 2.08. The Kier molecular flexibility index (Phi) is 14.3. The highest BCUT2D eigenvalue weighted by Crippen LogP contribution is 2.34. The number of aliphatic hydroxyl groups excluding tert-OH is 2. The molecule has 0 bridgehead atoms. The first-order valence-electron chi connectivity index (χ1n) is 16.2. The fourth-order valence-electron chi connectivity index (χ4n) is 5.91. The van der Waals surface area contributed by atoms with E-state index in [4.69, 9.17) is 14.2 Å². The first-order chi connectivity index (χ1) is 23.4. The van der Waals surface area contributed by atoms with Gasteiger partial charge in [0.2, 0.25) is 0 Å². The third kappa shape index (κ3) is 10.1. The van der Waals surface area contributed by atoms with Crippen LogP contribution in [0.1, 0.15) is 112 Å². The van der Waals surface area contributed by atoms with Crippen molar-refractivity contribution >= 4 is 23.6 Å². The molecule has 4 rings (SSSR count). The molecule has 2 atom stereocenters. The van der Waals surface area contributed by atoms with Crippen LogP contribution in [0, 0.1) is 6.92 Å². The molecule has 3 aromatic rings. The molecule has 0 aromatic heterocycles. The molecule has 1 aliphatic carbocycles. The predicted octanol–water partition coefficient (Wildman–Crippen LogP) is 5.84. The average Bonchev–Trinajstić information content (AvgIpc) is 3.36. The van der Waals surface area contributed by atoms with E-state index in [0.717, 1.165) is 31.2 Å². The Balaban J connectivity index is 0.000000362. The van der Waals surface area contributed by atoms with E-state index in [1.807, 2.05) is 31.2 Å². The molecule has 11 heteroatoms. The largest absolute Gasteiger partial charge is 0.496 e. The van der Waals surface area contributed by atoms with Crippen molar-refractivity contribution in [3.05, 3.63) is 94.0 Å². The molecule has 1 amide bonds. The van der Waals surface area contributed by atoms with Gasteiger partial charge in [0.1, 0.15) is 17.0 Å². The first kappa shape index (κ1) is 38.7. The lowest BCUT2D eigenvalue weighted by Crippen LogP contribution is -2.54. The van der Waals surface area contributed by atoms with Gasteiger partial charge < -0.3 is 34.5 Å². The predicted molar refractivity (Wildman–Crippen MR) is 183 cm³/mol. The van der Waals surface area contributed by atoms with Crippen molar-refractivity contribution in [2.75, 3.05) is 28.4 Å². The second-order valence-corrected chi connectivity index (χ2v) is 12.0. The maximum atomic E-state index is 13.2. The van der Waals surface area contributed by atoms with Gasteiger partial charge in [-0.3, -0.25) is 9.59 Å². The molecule has 0 spiro atoms. The number of rotatable bonds is 11. The lowest BCUT2D eigenvalue weighted by molar-refractivity contribution is -0.148. The number of benzene rings is 3. The number of amides is 1. The Bertz CT molecular complexity index is 1610. The minimum Gasteiger partial charge on any atom is -0.496 e. The van der Waals surface area contributed by atoms with Gasteiger partial charge in [-0.2, -0.15) is 0 Å². The summed E-state index contributed by atoms with van der Waals surface area (Å²) in [7, 11) is 5.59. The second-order valence-electron chi connectivity index (χ2n) is 12.0. The number of hydrogen-bond donors (Lipinski definition) is 3. The summed E-state index contributed by atoms with van der Waals surface area (Å²) in [6.45, 7) is 3.35. The minimum atomic E-state index is -1.06. The van der Waals surface area contributed by atoms with Crippen LogP contribution in [0.25, 0.3) is 0 Å². The van der Waals surface area contributed by atoms with Crippen LogP contribution in [-0.2, 0) is 14.3 Å². The van der Waals surface area contributed by atoms with E-state index in [1.165, 1.54) is 41.4 Å². The van der Waals surface area contributed by atoms with Gasteiger partial charge >= 0.3 is 11.9 Å². The Morgan fingerprint density at radius 3 is 1.98 bits per heavy atom. The number of ether oxygens (including phenoxy) is 4. The zero-order valence-electron chi connectivity index (χ0n) is 29.0. The molecule has 11 nitrogen and oxygen atoms in total. The third-order valence-electron chi connectivity index (χ3n) is 8.61. The Morgan fingerprint density at radius 2 is 1.41 bits per heavy atom. The van der Waals surface area contributed by atoms with Crippen molar-refractivity contribution in [1.29, 1.82) is 0 Å². The number of aryl methyl sites for hydroxylation is 1. The van der Waals surface area contributed by atoms with Gasteiger partial charge in [-0.1, -0.05) is 55.5 Å². The van der Waals surface area contributed by atoms with Gasteiger partial charge in [-0.15, -0.1) is 0 Å². The molecule has 0 heterocycles. The zero-order chi connectivity index (χ0) is 36.1. The van der Waals surface area contributed by atoms with E-state index in [1.54, 1.807) is 30.3 Å². The Morgan fingerprint density at radius 1 is 0.776 bits per heavy atom. The SMILES string of the molecule is COC(=O)C1(NC(=O)c2ccc(OC)c(C(O)CC(O)c3cccc(C)c3)c2)CCCCCC1.COC(=O)c1ccc(OC)c(C(C)=O)c1. The molecule has 0 saturated heterocycles. The van der Waals surface area contributed by atoms with Crippen LogP contribution >= 0.6 is 0 Å². The van der Waals surface area contributed by atoms with Crippen molar-refractivity contribution in [2.24, 2.45) is 0 Å². The second kappa shape index (κ2) is 18.1. The number of nitrogens with one attached hydrogen (secondary N) is 1. The third-order valence-corrected chi connectivity index (χ3v) is 8.61. The van der Waals surface area contributed by atoms with Crippen LogP contribution in [0.15, 0.2) is 60.7 Å². The minimum absolute atomic E-state index is 0.0387. The summed E-state index contributed by atoms with van der Waals surface area (Å²) in [5.74, 6) is -0.606. The van der Waals surface area contributed by atoms with E-state index in [9.17, 15) is 29.4 Å². The number of hydrogen-bond acceptors (Lipinski definition) is 10. The maximum absolute atomic E-state index is 13.2. The number of carbonyl (C=O) groups is 4. The van der Waals surface area contributed by atoms with Crippen molar-refractivity contribution in [2.45, 2.75) is 76.5 Å². The van der Waals surface area contributed by atoms with Gasteiger partial charge in [-0.05, 0) is 68.7 Å². The molecular formula is C38H47NO10. The number of Topliss-reactive ketones (excluding diaryl/α,β-unsaturated/α-hetero) is 1. The zero-order valence-corrected chi connectivity index (χ0v) is 29.0. The molecule has 0 aliphatic heterocycles. The molecule has 49 heavy (non-hydrogen) atoms. The molecule has 264 valence electrons. The highest BCUT2D eigenvalue weighted by Gasteiger charge is 2.41. The van der Waals surface area contributed by atoms with Crippen LogP contribution in [0.2, 0.25) is 0 Å². The molecule has 2 unspecified atom stereocenters. The highest BCUT2D eigenvalue weighted by atomic mass is 16.5. The molecule has 1 saturated carbocycles. The fraction of sp³-hybridized carbons (Fsp3) is 0.421. The number of esters is 2. The Hall–Kier alpha value is -4.74. The average molecular weight is 678 g/mol. The standard InChI is InChI=1S/C27H35NO6.C11H12O4/c1-18-9-8-10-19(15-18)22(29)17-23(30)21-16-20(11-12-24(21)33-2)25(31)28-27(26(32)34-3)13-6-4-5-7-14-27;1-7(12)9-6-8(11(13)15-3)4-5-10(9)14-2/h8-12,15-16,22-23,29-30H,4-7,13-14,17H2,1-3H3,(H,28,31);4-6H,1-3H3. The van der Waals surface area contributed by atoms with Gasteiger partial charge in [0.25, 0.3) is 5.91 Å². The number of aliphatic hydroxyl groups is 2. The van der Waals surface area contributed by atoms with Crippen molar-refractivity contribution < 1.29 is 48.3 Å². The molecule has 3 aromatic carbocycles. The van der Waals surface area contributed by atoms with Crippen molar-refractivity contribution in [3.63, 3.8) is 0 Å². The normalized spacial score (nSPS) is 14.9. The van der Waals surface area contributed by atoms with Gasteiger partial charge in [-0.25, -0.2) is 9.59 Å². The van der Waals surface area contributed by atoms with Crippen LogP contribution in [0.5, 0.6) is 11.5 Å². The molecular weight excluding hydrogens is 630 g/mol. The lowest BCUT2D eigenvalue weighted by atomic mass is 9.89. The van der Waals surface area contributed by atoms with Crippen molar-refractivity contribution in [3.8, 4) is 11.5 Å². The van der Waals surface area contributed by atoms with Crippen molar-refractivity contribution in [1.82, 2.24) is 5.32 Å². The number of ketones is 1. The van der Waals surface area contributed by atoms with E-state index in [-0.39, 0.29) is 12.2 Å². The van der Waals surface area contributed by atoms with E-state index in [2.05, 4.69) is 10.1 Å². The van der Waals surface area contributed by atoms with Gasteiger partial charge in [0.05, 0.1) is 51.8 Å². The summed E-state index contributed by atoms with van der Waals surface area (Å²) in [6, 6.07) is 16.8. The lowest BCUT2D eigenvalue weighted by Gasteiger charge is -2.31. The van der Waals surface area contributed by atoms with Gasteiger partial charge in [0, 0.05) is 17.5 Å². The van der Waals surface area contributed by atoms with Crippen LogP contribution in [0.4, 0.5) is 0 Å². The van der Waals surface area contributed by atoms with E-state index >= 15 is 0 Å². The number of carbonyl (C=O) groups excluding carboxylic acids is 4. The van der Waals surface area contributed by atoms with Crippen LogP contribution in [0.3, 0.4) is 0 Å². The van der Waals surface area contributed by atoms with Crippen LogP contribution in [-0.4, -0.2) is 67.8 Å². The fourth-order valence-corrected chi connectivity index (χ4v) is 5.91. The van der Waals surface area contributed by atoms with E-state index < -0.39 is 35.6 Å². The Labute approximate surface area is 287 Å². The monoisotopic (exact) mass is 677 g/mol. The molecule has 1 aliphatic rings. The molecule has 0 radical (unpaired) electrons. The molecule has 1 fully saturated rings. The summed E-state index contributed by atoms with van der Waals surface area (Å²) in [6.07, 6.45) is 2.83. The summed E-state index contributed by atoms with van der Waals surface area (Å²) in [4.78, 5) is 48.3. The quantitative estimate of drug-likeness (QED) is 0.128. The van der Waals surface area contributed by atoms with Gasteiger partial charge in [0.15, 0.2) is 5.78 Å². The highest BCUT2D eigenvalue weighted by molar-refractivity contribution is 6.00. The first-order valence-corrected chi connectivity index (χ1v) is 16.2. The topological polar surface area (TPSA) is 158 Å². The summed E-state index contributed by atoms with van der Waals surface area (Å²) in [5, 5.41) is 24.5. The summed E-state index contributed by atoms with van der Waals surface area (Å²) >= 11 is 0. The maximum Gasteiger partial charge on any atom is 0.337 e. The number of methoxy groups -OCH3 is 4. The van der Waals surface area contributed by atoms with Crippen LogP contribution < -0.4 is 14.8 Å². The summed E-state index contributed by atoms with van der Waals surface area (Å²) < 4.78 is 20.0. The smallest absolute Gasteiger partial charge is 0.337 e.